The summed E-state index contributed by atoms with van der Waals surface area (Å²) in [6.07, 6.45) is -5.05. The van der Waals surface area contributed by atoms with Gasteiger partial charge in [-0.2, -0.15) is 13.2 Å². The largest absolute Gasteiger partial charge is 0.478 e. The molecule has 1 N–H and O–H groups in total. The van der Waals surface area contributed by atoms with E-state index in [1.165, 1.54) is 0 Å². The van der Waals surface area contributed by atoms with Crippen LogP contribution in [0, 0.1) is 0 Å². The minimum Gasteiger partial charge on any atom is -0.478 e. The molecule has 0 bridgehead atoms. The molecule has 5 nitrogen and oxygen atoms in total. The molecule has 1 aromatic carbocycles. The number of benzene rings is 1. The van der Waals surface area contributed by atoms with E-state index in [0.29, 0.717) is 18.6 Å². The number of halogens is 3. The number of carboxylic acids is 1. The topological polar surface area (TPSA) is 66.8 Å². The molecule has 0 unspecified atom stereocenters. The van der Waals surface area contributed by atoms with Crippen molar-refractivity contribution < 1.29 is 32.6 Å². The van der Waals surface area contributed by atoms with Gasteiger partial charge in [0.25, 0.3) is 0 Å². The molecule has 8 heteroatoms. The zero-order valence-corrected chi connectivity index (χ0v) is 10.1. The number of hydrogen-bond acceptors (Lipinski definition) is 3. The van der Waals surface area contributed by atoms with Crippen LogP contribution in [0.3, 0.4) is 0 Å². The van der Waals surface area contributed by atoms with Crippen molar-refractivity contribution >= 4 is 17.7 Å². The summed E-state index contributed by atoms with van der Waals surface area (Å²) in [7, 11) is 0. The number of amides is 1. The molecule has 0 aliphatic carbocycles. The van der Waals surface area contributed by atoms with Gasteiger partial charge in [-0.3, -0.25) is 4.90 Å². The average molecular weight is 289 g/mol. The predicted octanol–water partition coefficient (Wildman–Crippen LogP) is 2.75. The molecule has 1 aliphatic heterocycles. The third-order valence-electron chi connectivity index (χ3n) is 2.82. The number of ether oxygens (including phenoxy) is 1. The van der Waals surface area contributed by atoms with E-state index >= 15 is 0 Å². The summed E-state index contributed by atoms with van der Waals surface area (Å²) in [4.78, 5) is 23.5. The van der Waals surface area contributed by atoms with Gasteiger partial charge in [-0.15, -0.1) is 0 Å². The lowest BCUT2D eigenvalue weighted by Gasteiger charge is -2.28. The molecule has 1 amide bonds. The molecule has 1 aliphatic rings. The van der Waals surface area contributed by atoms with Gasteiger partial charge >= 0.3 is 18.2 Å². The van der Waals surface area contributed by atoms with Crippen LogP contribution in [-0.4, -0.2) is 30.3 Å². The van der Waals surface area contributed by atoms with E-state index in [-0.39, 0.29) is 24.4 Å². The van der Waals surface area contributed by atoms with Crippen LogP contribution in [0.1, 0.15) is 22.3 Å². The van der Waals surface area contributed by atoms with Crippen LogP contribution in [0.5, 0.6) is 0 Å². The summed E-state index contributed by atoms with van der Waals surface area (Å²) < 4.78 is 42.8. The average Bonchev–Trinajstić information content (AvgIpc) is 2.37. The van der Waals surface area contributed by atoms with Crippen molar-refractivity contribution in [3.8, 4) is 0 Å². The second-order valence-corrected chi connectivity index (χ2v) is 4.15. The molecular formula is C12H10F3NO4. The Bertz CT molecular complexity index is 556. The summed E-state index contributed by atoms with van der Waals surface area (Å²) in [6, 6.07) is 2.15. The Labute approximate surface area is 111 Å². The molecule has 1 aromatic rings. The SMILES string of the molecule is O=C(O)c1ccc(C(F)(F)F)cc1N1CCCOC1=O. The first kappa shape index (κ1) is 14.2. The van der Waals surface area contributed by atoms with E-state index in [4.69, 9.17) is 9.84 Å². The molecule has 1 saturated heterocycles. The molecule has 0 atom stereocenters. The number of nitrogens with zero attached hydrogens (tertiary/aromatic N) is 1. The highest BCUT2D eigenvalue weighted by Crippen LogP contribution is 2.34. The minimum absolute atomic E-state index is 0.112. The van der Waals surface area contributed by atoms with E-state index in [1.807, 2.05) is 0 Å². The fourth-order valence-electron chi connectivity index (χ4n) is 1.88. The summed E-state index contributed by atoms with van der Waals surface area (Å²) in [5, 5.41) is 9.02. The Morgan fingerprint density at radius 1 is 1.35 bits per heavy atom. The summed E-state index contributed by atoms with van der Waals surface area (Å²) in [5.74, 6) is -1.41. The van der Waals surface area contributed by atoms with Crippen molar-refractivity contribution in [1.29, 1.82) is 0 Å². The molecule has 0 spiro atoms. The lowest BCUT2D eigenvalue weighted by Crippen LogP contribution is -2.38. The molecule has 1 heterocycles. The maximum absolute atomic E-state index is 12.7. The molecule has 108 valence electrons. The van der Waals surface area contributed by atoms with Crippen molar-refractivity contribution in [2.75, 3.05) is 18.1 Å². The number of cyclic esters (lactones) is 1. The van der Waals surface area contributed by atoms with Gasteiger partial charge in [0.05, 0.1) is 23.4 Å². The number of carboxylic acid groups (broad SMARTS) is 1. The van der Waals surface area contributed by atoms with Crippen LogP contribution in [0.25, 0.3) is 0 Å². The maximum atomic E-state index is 12.7. The summed E-state index contributed by atoms with van der Waals surface area (Å²) >= 11 is 0. The van der Waals surface area contributed by atoms with E-state index in [1.54, 1.807) is 0 Å². The molecule has 0 aromatic heterocycles. The van der Waals surface area contributed by atoms with Crippen LogP contribution in [0.4, 0.5) is 23.7 Å². The van der Waals surface area contributed by atoms with E-state index < -0.39 is 23.8 Å². The Kier molecular flexibility index (Phi) is 3.56. The van der Waals surface area contributed by atoms with E-state index in [0.717, 1.165) is 11.0 Å². The highest BCUT2D eigenvalue weighted by Gasteiger charge is 2.34. The number of aromatic carboxylic acids is 1. The number of alkyl halides is 3. The number of hydrogen-bond donors (Lipinski definition) is 1. The third-order valence-corrected chi connectivity index (χ3v) is 2.82. The van der Waals surface area contributed by atoms with Gasteiger partial charge in [-0.05, 0) is 24.6 Å². The fraction of sp³-hybridized carbons (Fsp3) is 0.333. The maximum Gasteiger partial charge on any atom is 0.416 e. The van der Waals surface area contributed by atoms with Gasteiger partial charge in [0.2, 0.25) is 0 Å². The first-order valence-corrected chi connectivity index (χ1v) is 5.69. The second kappa shape index (κ2) is 5.03. The molecule has 0 radical (unpaired) electrons. The van der Waals surface area contributed by atoms with E-state index in [2.05, 4.69) is 0 Å². The van der Waals surface area contributed by atoms with Crippen molar-refractivity contribution in [3.05, 3.63) is 29.3 Å². The van der Waals surface area contributed by atoms with Crippen molar-refractivity contribution in [1.82, 2.24) is 0 Å². The van der Waals surface area contributed by atoms with E-state index in [9.17, 15) is 22.8 Å². The molecule has 2 rings (SSSR count). The van der Waals surface area contributed by atoms with Gasteiger partial charge < -0.3 is 9.84 Å². The van der Waals surface area contributed by atoms with Gasteiger partial charge in [-0.1, -0.05) is 0 Å². The first-order chi connectivity index (χ1) is 9.30. The monoisotopic (exact) mass is 289 g/mol. The van der Waals surface area contributed by atoms with Crippen LogP contribution < -0.4 is 4.90 Å². The number of rotatable bonds is 2. The Hall–Kier alpha value is -2.25. The number of carbonyl (C=O) groups is 2. The molecule has 0 saturated carbocycles. The Morgan fingerprint density at radius 2 is 2.05 bits per heavy atom. The van der Waals surface area contributed by atoms with Crippen molar-refractivity contribution in [2.45, 2.75) is 12.6 Å². The fourth-order valence-corrected chi connectivity index (χ4v) is 1.88. The lowest BCUT2D eigenvalue weighted by molar-refractivity contribution is -0.137. The van der Waals surface area contributed by atoms with Gasteiger partial charge in [0.15, 0.2) is 0 Å². The molecular weight excluding hydrogens is 279 g/mol. The molecule has 20 heavy (non-hydrogen) atoms. The number of anilines is 1. The smallest absolute Gasteiger partial charge is 0.416 e. The van der Waals surface area contributed by atoms with Crippen LogP contribution in [-0.2, 0) is 10.9 Å². The Morgan fingerprint density at radius 3 is 2.60 bits per heavy atom. The number of carbonyl (C=O) groups excluding carboxylic acids is 1. The zero-order valence-electron chi connectivity index (χ0n) is 10.1. The van der Waals surface area contributed by atoms with Gasteiger partial charge in [0, 0.05) is 6.54 Å². The highest BCUT2D eigenvalue weighted by molar-refractivity contribution is 6.00. The van der Waals surface area contributed by atoms with Crippen LogP contribution >= 0.6 is 0 Å². The summed E-state index contributed by atoms with van der Waals surface area (Å²) in [6.45, 7) is 0.275. The lowest BCUT2D eigenvalue weighted by atomic mass is 10.1. The van der Waals surface area contributed by atoms with Crippen molar-refractivity contribution in [2.24, 2.45) is 0 Å². The van der Waals surface area contributed by atoms with Crippen molar-refractivity contribution in [3.63, 3.8) is 0 Å². The second-order valence-electron chi connectivity index (χ2n) is 4.15. The highest BCUT2D eigenvalue weighted by atomic mass is 19.4. The van der Waals surface area contributed by atoms with Crippen LogP contribution in [0.2, 0.25) is 0 Å². The Balaban J connectivity index is 2.52. The van der Waals surface area contributed by atoms with Crippen LogP contribution in [0.15, 0.2) is 18.2 Å². The molecule has 1 fully saturated rings. The predicted molar refractivity (Wildman–Crippen MR) is 61.7 cm³/mol. The normalized spacial score (nSPS) is 15.9. The quantitative estimate of drug-likeness (QED) is 0.909. The summed E-state index contributed by atoms with van der Waals surface area (Å²) in [5.41, 5.74) is -1.70. The third kappa shape index (κ3) is 2.68. The van der Waals surface area contributed by atoms with Gasteiger partial charge in [0.1, 0.15) is 0 Å². The first-order valence-electron chi connectivity index (χ1n) is 5.69. The zero-order chi connectivity index (χ0) is 14.9. The standard InChI is InChI=1S/C12H10F3NO4/c13-12(14,15)7-2-3-8(10(17)18)9(6-7)16-4-1-5-20-11(16)19/h2-3,6H,1,4-5H2,(H,17,18). The minimum atomic E-state index is -4.62. The van der Waals surface area contributed by atoms with Gasteiger partial charge in [-0.25, -0.2) is 9.59 Å².